The highest BCUT2D eigenvalue weighted by atomic mass is 16.5. The maximum Gasteiger partial charge on any atom is 0.357 e. The van der Waals surface area contributed by atoms with Crippen LogP contribution < -0.4 is 10.5 Å². The molecule has 0 atom stereocenters. The number of rotatable bonds is 7. The van der Waals surface area contributed by atoms with Gasteiger partial charge in [0.05, 0.1) is 19.9 Å². The predicted molar refractivity (Wildman–Crippen MR) is 106 cm³/mol. The van der Waals surface area contributed by atoms with E-state index in [0.717, 1.165) is 0 Å². The number of ether oxygens (including phenoxy) is 3. The van der Waals surface area contributed by atoms with Crippen LogP contribution in [0.1, 0.15) is 20.8 Å². The third-order valence-electron chi connectivity index (χ3n) is 4.17. The quantitative estimate of drug-likeness (QED) is 0.592. The first kappa shape index (κ1) is 20.6. The SMILES string of the molecule is COC(=O)c1c(-c2ccccc2OCC(N)=O)nn(-c2ccccc2)c1C(=O)OC. The maximum atomic E-state index is 12.7. The molecular weight excluding hydrogens is 390 g/mol. The van der Waals surface area contributed by atoms with Gasteiger partial charge in [-0.2, -0.15) is 5.10 Å². The Balaban J connectivity index is 2.30. The lowest BCUT2D eigenvalue weighted by Crippen LogP contribution is -2.20. The molecule has 0 unspecified atom stereocenters. The van der Waals surface area contributed by atoms with E-state index in [2.05, 4.69) is 5.10 Å². The Bertz CT molecular complexity index is 1090. The lowest BCUT2D eigenvalue weighted by Gasteiger charge is -2.09. The van der Waals surface area contributed by atoms with Gasteiger partial charge in [0.1, 0.15) is 17.0 Å². The van der Waals surface area contributed by atoms with Crippen molar-refractivity contribution in [2.45, 2.75) is 0 Å². The average molecular weight is 409 g/mol. The topological polar surface area (TPSA) is 123 Å². The van der Waals surface area contributed by atoms with Gasteiger partial charge in [0.25, 0.3) is 5.91 Å². The number of hydrogen-bond acceptors (Lipinski definition) is 7. The highest BCUT2D eigenvalue weighted by molar-refractivity contribution is 6.07. The van der Waals surface area contributed by atoms with E-state index in [-0.39, 0.29) is 29.3 Å². The zero-order valence-electron chi connectivity index (χ0n) is 16.3. The summed E-state index contributed by atoms with van der Waals surface area (Å²) in [6.45, 7) is -0.367. The van der Waals surface area contributed by atoms with Crippen LogP contribution in [-0.4, -0.2) is 48.5 Å². The van der Waals surface area contributed by atoms with Crippen LogP contribution >= 0.6 is 0 Å². The van der Waals surface area contributed by atoms with Gasteiger partial charge in [-0.15, -0.1) is 0 Å². The standard InChI is InChI=1S/C21H19N3O6/c1-28-20(26)17-18(14-10-6-7-11-15(14)30-12-16(22)25)23-24(19(17)21(27)29-2)13-8-4-3-5-9-13/h3-11H,12H2,1-2H3,(H2,22,25). The lowest BCUT2D eigenvalue weighted by molar-refractivity contribution is -0.119. The Hall–Kier alpha value is -4.14. The highest BCUT2D eigenvalue weighted by Gasteiger charge is 2.32. The van der Waals surface area contributed by atoms with Gasteiger partial charge in [0.15, 0.2) is 12.3 Å². The molecule has 9 heteroatoms. The molecule has 1 amide bonds. The number of aromatic nitrogens is 2. The first-order valence-corrected chi connectivity index (χ1v) is 8.83. The normalized spacial score (nSPS) is 10.3. The van der Waals surface area contributed by atoms with Crippen LogP contribution in [0.25, 0.3) is 16.9 Å². The number of amides is 1. The molecule has 0 aliphatic rings. The number of hydrogen-bond donors (Lipinski definition) is 1. The van der Waals surface area contributed by atoms with Gasteiger partial charge < -0.3 is 19.9 Å². The second-order valence-corrected chi connectivity index (χ2v) is 6.05. The Labute approximate surface area is 172 Å². The average Bonchev–Trinajstić information content (AvgIpc) is 3.17. The minimum Gasteiger partial charge on any atom is -0.483 e. The monoisotopic (exact) mass is 409 g/mol. The summed E-state index contributed by atoms with van der Waals surface area (Å²) >= 11 is 0. The molecule has 0 aliphatic heterocycles. The Morgan fingerprint density at radius 3 is 2.20 bits per heavy atom. The van der Waals surface area contributed by atoms with E-state index < -0.39 is 17.8 Å². The molecule has 1 aromatic heterocycles. The van der Waals surface area contributed by atoms with Crippen LogP contribution in [-0.2, 0) is 14.3 Å². The van der Waals surface area contributed by atoms with Gasteiger partial charge >= 0.3 is 11.9 Å². The second kappa shape index (κ2) is 8.91. The molecule has 0 saturated carbocycles. The van der Waals surface area contributed by atoms with Gasteiger partial charge in [0, 0.05) is 5.56 Å². The first-order valence-electron chi connectivity index (χ1n) is 8.83. The van der Waals surface area contributed by atoms with Crippen molar-refractivity contribution in [1.29, 1.82) is 0 Å². The molecule has 0 saturated heterocycles. The fourth-order valence-corrected chi connectivity index (χ4v) is 2.88. The number of primary amides is 1. The molecule has 3 aromatic rings. The number of methoxy groups -OCH3 is 2. The van der Waals surface area contributed by atoms with Crippen LogP contribution in [0.3, 0.4) is 0 Å². The smallest absolute Gasteiger partial charge is 0.357 e. The highest BCUT2D eigenvalue weighted by Crippen LogP contribution is 2.34. The zero-order chi connectivity index (χ0) is 21.7. The third kappa shape index (κ3) is 4.00. The first-order chi connectivity index (χ1) is 14.5. The van der Waals surface area contributed by atoms with Crippen LogP contribution in [0.5, 0.6) is 5.75 Å². The van der Waals surface area contributed by atoms with Crippen molar-refractivity contribution >= 4 is 17.8 Å². The van der Waals surface area contributed by atoms with E-state index in [1.807, 2.05) is 0 Å². The van der Waals surface area contributed by atoms with E-state index in [9.17, 15) is 14.4 Å². The fourth-order valence-electron chi connectivity index (χ4n) is 2.88. The molecule has 154 valence electrons. The lowest BCUT2D eigenvalue weighted by atomic mass is 10.0. The van der Waals surface area contributed by atoms with Gasteiger partial charge in [-0.1, -0.05) is 30.3 Å². The molecule has 0 radical (unpaired) electrons. The zero-order valence-corrected chi connectivity index (χ0v) is 16.3. The largest absolute Gasteiger partial charge is 0.483 e. The molecule has 2 N–H and O–H groups in total. The van der Waals surface area contributed by atoms with Crippen LogP contribution in [0, 0.1) is 0 Å². The number of carbonyl (C=O) groups excluding carboxylic acids is 3. The van der Waals surface area contributed by atoms with Crippen LogP contribution in [0.4, 0.5) is 0 Å². The number of esters is 2. The molecule has 0 aliphatic carbocycles. The fraction of sp³-hybridized carbons (Fsp3) is 0.143. The van der Waals surface area contributed by atoms with Gasteiger partial charge in [-0.3, -0.25) is 4.79 Å². The molecular formula is C21H19N3O6. The summed E-state index contributed by atoms with van der Waals surface area (Å²) in [5.74, 6) is -1.95. The molecule has 0 spiro atoms. The molecule has 2 aromatic carbocycles. The molecule has 9 nitrogen and oxygen atoms in total. The van der Waals surface area contributed by atoms with E-state index in [4.69, 9.17) is 19.9 Å². The van der Waals surface area contributed by atoms with Gasteiger partial charge in [-0.05, 0) is 24.3 Å². The summed E-state index contributed by atoms with van der Waals surface area (Å²) in [4.78, 5) is 36.4. The van der Waals surface area contributed by atoms with E-state index in [1.54, 1.807) is 54.6 Å². The predicted octanol–water partition coefficient (Wildman–Crippen LogP) is 1.98. The van der Waals surface area contributed by atoms with Crippen molar-refractivity contribution in [1.82, 2.24) is 9.78 Å². The van der Waals surface area contributed by atoms with Crippen molar-refractivity contribution in [3.05, 3.63) is 65.9 Å². The van der Waals surface area contributed by atoms with Crippen molar-refractivity contribution in [3.63, 3.8) is 0 Å². The summed E-state index contributed by atoms with van der Waals surface area (Å²) in [6, 6.07) is 15.4. The maximum absolute atomic E-state index is 12.7. The summed E-state index contributed by atoms with van der Waals surface area (Å²) in [5, 5.41) is 4.50. The number of nitrogens with zero attached hydrogens (tertiary/aromatic N) is 2. The number of carbonyl (C=O) groups is 3. The number of benzene rings is 2. The van der Waals surface area contributed by atoms with Crippen molar-refractivity contribution in [3.8, 4) is 22.7 Å². The minimum atomic E-state index is -0.780. The Morgan fingerprint density at radius 2 is 1.57 bits per heavy atom. The summed E-state index contributed by atoms with van der Waals surface area (Å²) in [5.41, 5.74) is 6.01. The van der Waals surface area contributed by atoms with Crippen molar-refractivity contribution in [2.24, 2.45) is 5.73 Å². The van der Waals surface area contributed by atoms with Crippen molar-refractivity contribution < 1.29 is 28.6 Å². The van der Waals surface area contributed by atoms with E-state index in [0.29, 0.717) is 11.3 Å². The second-order valence-electron chi connectivity index (χ2n) is 6.05. The molecule has 3 rings (SSSR count). The van der Waals surface area contributed by atoms with Crippen molar-refractivity contribution in [2.75, 3.05) is 20.8 Å². The summed E-state index contributed by atoms with van der Waals surface area (Å²) in [6.07, 6.45) is 0. The van der Waals surface area contributed by atoms with Gasteiger partial charge in [0.2, 0.25) is 0 Å². The minimum absolute atomic E-state index is 0.0941. The molecule has 0 fully saturated rings. The molecule has 1 heterocycles. The van der Waals surface area contributed by atoms with Crippen LogP contribution in [0.2, 0.25) is 0 Å². The molecule has 30 heavy (non-hydrogen) atoms. The van der Waals surface area contributed by atoms with Gasteiger partial charge in [-0.25, -0.2) is 14.3 Å². The Kier molecular flexibility index (Phi) is 6.11. The van der Waals surface area contributed by atoms with E-state index in [1.165, 1.54) is 18.9 Å². The van der Waals surface area contributed by atoms with Crippen LogP contribution in [0.15, 0.2) is 54.6 Å². The molecule has 0 bridgehead atoms. The van der Waals surface area contributed by atoms with E-state index >= 15 is 0 Å². The summed E-state index contributed by atoms with van der Waals surface area (Å²) < 4.78 is 16.6. The Morgan fingerprint density at radius 1 is 0.933 bits per heavy atom. The number of nitrogens with two attached hydrogens (primary N) is 1. The number of para-hydroxylation sites is 2. The summed E-state index contributed by atoms with van der Waals surface area (Å²) in [7, 11) is 2.40. The third-order valence-corrected chi connectivity index (χ3v) is 4.17.